The topological polar surface area (TPSA) is 82.4 Å². The molecule has 29 heavy (non-hydrogen) atoms. The van der Waals surface area contributed by atoms with Crippen LogP contribution in [-0.4, -0.2) is 30.1 Å². The Morgan fingerprint density at radius 2 is 2.17 bits per heavy atom. The van der Waals surface area contributed by atoms with E-state index in [4.69, 9.17) is 4.74 Å². The van der Waals surface area contributed by atoms with Crippen LogP contribution >= 0.6 is 11.3 Å². The highest BCUT2D eigenvalue weighted by molar-refractivity contribution is 7.16. The zero-order valence-corrected chi connectivity index (χ0v) is 17.6. The average Bonchev–Trinajstić information content (AvgIpc) is 3.05. The van der Waals surface area contributed by atoms with Gasteiger partial charge in [-0.3, -0.25) is 4.79 Å². The number of hydrogen-bond donors (Lipinski definition) is 1. The van der Waals surface area contributed by atoms with Crippen molar-refractivity contribution in [3.05, 3.63) is 57.0 Å². The number of hydrogen-bond acceptors (Lipinski definition) is 5. The van der Waals surface area contributed by atoms with Gasteiger partial charge in [-0.15, -0.1) is 11.3 Å². The van der Waals surface area contributed by atoms with E-state index < -0.39 is 0 Å². The maximum atomic E-state index is 12.4. The molecule has 1 N–H and O–H groups in total. The van der Waals surface area contributed by atoms with E-state index in [1.807, 2.05) is 32.0 Å². The van der Waals surface area contributed by atoms with E-state index in [1.165, 1.54) is 17.4 Å². The normalized spacial score (nSPS) is 13.1. The molecule has 1 aliphatic rings. The maximum absolute atomic E-state index is 12.4. The van der Waals surface area contributed by atoms with E-state index in [-0.39, 0.29) is 12.0 Å². The van der Waals surface area contributed by atoms with E-state index in [0.717, 1.165) is 27.1 Å². The van der Waals surface area contributed by atoms with Crippen molar-refractivity contribution in [1.29, 1.82) is 5.26 Å². The van der Waals surface area contributed by atoms with Crippen LogP contribution in [0.2, 0.25) is 0 Å². The van der Waals surface area contributed by atoms with Crippen molar-refractivity contribution in [3.63, 3.8) is 0 Å². The van der Waals surface area contributed by atoms with Crippen LogP contribution in [0.25, 0.3) is 6.08 Å². The Morgan fingerprint density at radius 3 is 2.90 bits per heavy atom. The number of aryl methyl sites for hydroxylation is 1. The molecule has 7 heteroatoms. The van der Waals surface area contributed by atoms with Crippen LogP contribution in [0.1, 0.15) is 39.6 Å². The Bertz CT molecular complexity index is 1020. The number of rotatable bonds is 4. The highest BCUT2D eigenvalue weighted by Crippen LogP contribution is 2.36. The van der Waals surface area contributed by atoms with Crippen molar-refractivity contribution in [1.82, 2.24) is 4.90 Å². The van der Waals surface area contributed by atoms with Crippen molar-refractivity contribution < 1.29 is 14.3 Å². The summed E-state index contributed by atoms with van der Waals surface area (Å²) in [7, 11) is 0. The van der Waals surface area contributed by atoms with Gasteiger partial charge in [0.1, 0.15) is 11.1 Å². The molecule has 2 amide bonds. The number of amides is 2. The number of fused-ring (bicyclic) bond motifs is 1. The third-order valence-corrected chi connectivity index (χ3v) is 6.12. The first-order valence-corrected chi connectivity index (χ1v) is 10.3. The molecular weight excluding hydrogens is 386 g/mol. The molecule has 0 atom stereocenters. The van der Waals surface area contributed by atoms with Gasteiger partial charge in [-0.05, 0) is 55.5 Å². The van der Waals surface area contributed by atoms with E-state index in [9.17, 15) is 14.9 Å². The molecule has 150 valence electrons. The van der Waals surface area contributed by atoms with Gasteiger partial charge in [0, 0.05) is 17.5 Å². The van der Waals surface area contributed by atoms with Gasteiger partial charge in [0.2, 0.25) is 5.91 Å². The fourth-order valence-electron chi connectivity index (χ4n) is 3.25. The summed E-state index contributed by atoms with van der Waals surface area (Å²) >= 11 is 1.34. The number of ether oxygens (including phenoxy) is 1. The third-order valence-electron chi connectivity index (χ3n) is 4.99. The van der Waals surface area contributed by atoms with Crippen molar-refractivity contribution in [2.24, 2.45) is 0 Å². The lowest BCUT2D eigenvalue weighted by atomic mass is 10.0. The van der Waals surface area contributed by atoms with E-state index in [1.54, 1.807) is 17.9 Å². The molecule has 0 unspecified atom stereocenters. The first-order valence-electron chi connectivity index (χ1n) is 9.46. The van der Waals surface area contributed by atoms with Crippen LogP contribution in [0.3, 0.4) is 0 Å². The predicted molar refractivity (Wildman–Crippen MR) is 114 cm³/mol. The van der Waals surface area contributed by atoms with Gasteiger partial charge >= 0.3 is 6.09 Å². The Balaban J connectivity index is 1.76. The molecule has 0 fully saturated rings. The number of benzene rings is 1. The van der Waals surface area contributed by atoms with Crippen LogP contribution in [0.15, 0.2) is 24.3 Å². The summed E-state index contributed by atoms with van der Waals surface area (Å²) in [5.41, 5.74) is 4.67. The monoisotopic (exact) mass is 409 g/mol. The second-order valence-electron chi connectivity index (χ2n) is 6.80. The molecule has 0 bridgehead atoms. The molecule has 1 aromatic heterocycles. The Labute approximate surface area is 174 Å². The number of thiophene rings is 1. The van der Waals surface area contributed by atoms with Gasteiger partial charge in [0.05, 0.1) is 18.7 Å². The first kappa shape index (κ1) is 20.6. The lowest BCUT2D eigenvalue weighted by Gasteiger charge is -2.25. The maximum Gasteiger partial charge on any atom is 0.410 e. The van der Waals surface area contributed by atoms with Crippen LogP contribution < -0.4 is 5.32 Å². The molecular formula is C22H23N3O3S. The fourth-order valence-corrected chi connectivity index (χ4v) is 4.47. The molecule has 0 saturated heterocycles. The molecule has 2 aromatic rings. The minimum atomic E-state index is -0.355. The summed E-state index contributed by atoms with van der Waals surface area (Å²) in [4.78, 5) is 27.0. The first-order chi connectivity index (χ1) is 13.9. The SMILES string of the molecule is CCOC(=O)N1CCc2c(sc(NC(=O)C=Cc3cccc(C)c3C)c2C#N)C1. The van der Waals surface area contributed by atoms with Crippen LogP contribution in [0.5, 0.6) is 0 Å². The summed E-state index contributed by atoms with van der Waals surface area (Å²) in [5, 5.41) is 12.9. The van der Waals surface area contributed by atoms with Crippen molar-refractivity contribution >= 4 is 34.4 Å². The van der Waals surface area contributed by atoms with Crippen LogP contribution in [0.4, 0.5) is 9.80 Å². The standard InChI is InChI=1S/C22H23N3O3S/c1-4-28-22(27)25-11-10-17-18(12-23)21(29-19(17)13-25)24-20(26)9-8-16-7-5-6-14(2)15(16)3/h5-9H,4,10-11,13H2,1-3H3,(H,24,26). The highest BCUT2D eigenvalue weighted by atomic mass is 32.1. The quantitative estimate of drug-likeness (QED) is 0.759. The number of nitrogens with zero attached hydrogens (tertiary/aromatic N) is 2. The second kappa shape index (κ2) is 8.93. The molecule has 1 aromatic carbocycles. The number of nitrogens with one attached hydrogen (secondary N) is 1. The summed E-state index contributed by atoms with van der Waals surface area (Å²) in [6.45, 7) is 7.03. The molecule has 0 aliphatic carbocycles. The minimum absolute atomic E-state index is 0.289. The van der Waals surface area contributed by atoms with Crippen LogP contribution in [0, 0.1) is 25.2 Å². The van der Waals surface area contributed by atoms with Gasteiger partial charge in [-0.25, -0.2) is 4.79 Å². The van der Waals surface area contributed by atoms with E-state index >= 15 is 0 Å². The van der Waals surface area contributed by atoms with Crippen molar-refractivity contribution in [2.45, 2.75) is 33.7 Å². The fraction of sp³-hybridized carbons (Fsp3) is 0.318. The number of carbonyl (C=O) groups excluding carboxylic acids is 2. The summed E-state index contributed by atoms with van der Waals surface area (Å²) in [5.74, 6) is -0.289. The molecule has 0 spiro atoms. The molecule has 0 radical (unpaired) electrons. The molecule has 2 heterocycles. The number of nitriles is 1. The summed E-state index contributed by atoms with van der Waals surface area (Å²) in [6, 6.07) is 8.15. The zero-order valence-electron chi connectivity index (χ0n) is 16.7. The molecule has 0 saturated carbocycles. The average molecular weight is 410 g/mol. The van der Waals surface area contributed by atoms with Crippen molar-refractivity contribution in [2.75, 3.05) is 18.5 Å². The zero-order chi connectivity index (χ0) is 21.0. The van der Waals surface area contributed by atoms with Gasteiger partial charge in [0.25, 0.3) is 0 Å². The molecule has 1 aliphatic heterocycles. The number of anilines is 1. The Morgan fingerprint density at radius 1 is 1.38 bits per heavy atom. The molecule has 3 rings (SSSR count). The predicted octanol–water partition coefficient (Wildman–Crippen LogP) is 4.40. The minimum Gasteiger partial charge on any atom is -0.450 e. The van der Waals surface area contributed by atoms with Gasteiger partial charge in [0.15, 0.2) is 0 Å². The second-order valence-corrected chi connectivity index (χ2v) is 7.91. The molecule has 6 nitrogen and oxygen atoms in total. The Hall–Kier alpha value is -3.11. The lowest BCUT2D eigenvalue weighted by molar-refractivity contribution is -0.111. The van der Waals surface area contributed by atoms with Crippen LogP contribution in [-0.2, 0) is 22.5 Å². The van der Waals surface area contributed by atoms with E-state index in [0.29, 0.717) is 36.7 Å². The van der Waals surface area contributed by atoms with Gasteiger partial charge in [-0.2, -0.15) is 5.26 Å². The van der Waals surface area contributed by atoms with Crippen molar-refractivity contribution in [3.8, 4) is 6.07 Å². The van der Waals surface area contributed by atoms with Gasteiger partial charge < -0.3 is 15.0 Å². The summed E-state index contributed by atoms with van der Waals surface area (Å²) < 4.78 is 5.06. The highest BCUT2D eigenvalue weighted by Gasteiger charge is 2.27. The van der Waals surface area contributed by atoms with E-state index in [2.05, 4.69) is 11.4 Å². The summed E-state index contributed by atoms with van der Waals surface area (Å²) in [6.07, 6.45) is 3.47. The smallest absolute Gasteiger partial charge is 0.410 e. The Kier molecular flexibility index (Phi) is 6.35. The number of carbonyl (C=O) groups is 2. The largest absolute Gasteiger partial charge is 0.450 e. The third kappa shape index (κ3) is 4.49. The van der Waals surface area contributed by atoms with Gasteiger partial charge in [-0.1, -0.05) is 18.2 Å². The lowest BCUT2D eigenvalue weighted by Crippen LogP contribution is -2.35.